The molecule has 3 fully saturated rings. The number of amides is 1. The van der Waals surface area contributed by atoms with Gasteiger partial charge in [0.1, 0.15) is 0 Å². The van der Waals surface area contributed by atoms with Gasteiger partial charge in [0.05, 0.1) is 12.7 Å². The van der Waals surface area contributed by atoms with Crippen molar-refractivity contribution in [1.29, 1.82) is 0 Å². The van der Waals surface area contributed by atoms with E-state index in [1.807, 2.05) is 0 Å². The second-order valence-corrected chi connectivity index (χ2v) is 5.65. The zero-order valence-electron chi connectivity index (χ0n) is 10.9. The molecule has 102 valence electrons. The molecule has 3 heterocycles. The third-order valence-electron chi connectivity index (χ3n) is 4.60. The van der Waals surface area contributed by atoms with Crippen molar-refractivity contribution >= 4 is 5.91 Å². The molecule has 0 aromatic carbocycles. The van der Waals surface area contributed by atoms with Crippen molar-refractivity contribution in [1.82, 2.24) is 9.80 Å². The van der Waals surface area contributed by atoms with Crippen LogP contribution in [-0.2, 0) is 9.53 Å². The molecular weight excluding hydrogens is 230 g/mol. The van der Waals surface area contributed by atoms with Gasteiger partial charge in [0, 0.05) is 44.7 Å². The van der Waals surface area contributed by atoms with Crippen molar-refractivity contribution in [2.45, 2.75) is 43.9 Å². The molecule has 0 bridgehead atoms. The SMILES string of the molecule is NCC1CN(C2CC(=O)N3CCCCC23)CCO1. The molecule has 3 aliphatic rings. The van der Waals surface area contributed by atoms with Gasteiger partial charge < -0.3 is 15.4 Å². The summed E-state index contributed by atoms with van der Waals surface area (Å²) in [6, 6.07) is 0.846. The standard InChI is InChI=1S/C13H23N3O2/c14-8-10-9-15(5-6-18-10)12-7-13(17)16-4-2-1-3-11(12)16/h10-12H,1-9,14H2. The largest absolute Gasteiger partial charge is 0.374 e. The zero-order chi connectivity index (χ0) is 12.5. The Morgan fingerprint density at radius 1 is 1.28 bits per heavy atom. The molecule has 3 unspecified atom stereocenters. The highest BCUT2D eigenvalue weighted by molar-refractivity contribution is 5.80. The number of carbonyl (C=O) groups excluding carboxylic acids is 1. The van der Waals surface area contributed by atoms with Crippen LogP contribution in [-0.4, -0.2) is 66.7 Å². The normalized spacial score (nSPS) is 37.9. The second-order valence-electron chi connectivity index (χ2n) is 5.65. The minimum atomic E-state index is 0.145. The molecule has 2 N–H and O–H groups in total. The first kappa shape index (κ1) is 12.4. The van der Waals surface area contributed by atoms with Crippen molar-refractivity contribution in [2.24, 2.45) is 5.73 Å². The highest BCUT2D eigenvalue weighted by Gasteiger charge is 2.44. The number of carbonyl (C=O) groups is 1. The molecular formula is C13H23N3O2. The quantitative estimate of drug-likeness (QED) is 0.740. The fourth-order valence-corrected chi connectivity index (χ4v) is 3.66. The molecule has 0 saturated carbocycles. The predicted octanol–water partition coefficient (Wildman–Crippen LogP) is -0.201. The Morgan fingerprint density at radius 2 is 2.17 bits per heavy atom. The summed E-state index contributed by atoms with van der Waals surface area (Å²) >= 11 is 0. The van der Waals surface area contributed by atoms with Crippen LogP contribution < -0.4 is 5.73 Å². The van der Waals surface area contributed by atoms with Gasteiger partial charge in [-0.05, 0) is 19.3 Å². The molecule has 0 radical (unpaired) electrons. The maximum absolute atomic E-state index is 12.1. The number of piperidine rings is 1. The van der Waals surface area contributed by atoms with Crippen molar-refractivity contribution in [2.75, 3.05) is 32.8 Å². The van der Waals surface area contributed by atoms with E-state index in [1.54, 1.807) is 0 Å². The third kappa shape index (κ3) is 2.15. The number of fused-ring (bicyclic) bond motifs is 1. The lowest BCUT2D eigenvalue weighted by Gasteiger charge is -2.41. The molecule has 0 aromatic heterocycles. The van der Waals surface area contributed by atoms with Gasteiger partial charge in [-0.25, -0.2) is 0 Å². The first-order chi connectivity index (χ1) is 8.79. The summed E-state index contributed by atoms with van der Waals surface area (Å²) in [6.45, 7) is 4.12. The first-order valence-electron chi connectivity index (χ1n) is 7.15. The van der Waals surface area contributed by atoms with Crippen molar-refractivity contribution in [3.63, 3.8) is 0 Å². The summed E-state index contributed by atoms with van der Waals surface area (Å²) < 4.78 is 5.61. The number of ether oxygens (including phenoxy) is 1. The number of nitrogens with zero attached hydrogens (tertiary/aromatic N) is 2. The molecule has 18 heavy (non-hydrogen) atoms. The molecule has 3 rings (SSSR count). The van der Waals surface area contributed by atoms with Crippen LogP contribution in [0.1, 0.15) is 25.7 Å². The highest BCUT2D eigenvalue weighted by atomic mass is 16.5. The Hall–Kier alpha value is -0.650. The Balaban J connectivity index is 1.69. The summed E-state index contributed by atoms with van der Waals surface area (Å²) in [7, 11) is 0. The monoisotopic (exact) mass is 253 g/mol. The number of rotatable bonds is 2. The summed E-state index contributed by atoms with van der Waals surface area (Å²) in [5.41, 5.74) is 5.69. The van der Waals surface area contributed by atoms with E-state index in [1.165, 1.54) is 19.3 Å². The second kappa shape index (κ2) is 5.15. The zero-order valence-corrected chi connectivity index (χ0v) is 10.9. The lowest BCUT2D eigenvalue weighted by atomic mass is 9.97. The van der Waals surface area contributed by atoms with E-state index in [0.717, 1.165) is 26.2 Å². The van der Waals surface area contributed by atoms with E-state index in [4.69, 9.17) is 10.5 Å². The fraction of sp³-hybridized carbons (Fsp3) is 0.923. The van der Waals surface area contributed by atoms with E-state index in [0.29, 0.717) is 31.0 Å². The number of morpholine rings is 1. The molecule has 5 heteroatoms. The smallest absolute Gasteiger partial charge is 0.224 e. The van der Waals surface area contributed by atoms with Gasteiger partial charge in [0.15, 0.2) is 0 Å². The van der Waals surface area contributed by atoms with Gasteiger partial charge in [-0.1, -0.05) is 0 Å². The Bertz CT molecular complexity index is 323. The lowest BCUT2D eigenvalue weighted by molar-refractivity contribution is -0.129. The van der Waals surface area contributed by atoms with Gasteiger partial charge in [-0.2, -0.15) is 0 Å². The summed E-state index contributed by atoms with van der Waals surface area (Å²) in [4.78, 5) is 16.6. The molecule has 0 spiro atoms. The van der Waals surface area contributed by atoms with Crippen molar-refractivity contribution in [3.8, 4) is 0 Å². The highest BCUT2D eigenvalue weighted by Crippen LogP contribution is 2.32. The maximum Gasteiger partial charge on any atom is 0.224 e. The topological polar surface area (TPSA) is 58.8 Å². The van der Waals surface area contributed by atoms with Crippen LogP contribution in [0.2, 0.25) is 0 Å². The minimum Gasteiger partial charge on any atom is -0.374 e. The molecule has 0 aliphatic carbocycles. The van der Waals surface area contributed by atoms with Crippen molar-refractivity contribution < 1.29 is 9.53 Å². The predicted molar refractivity (Wildman–Crippen MR) is 68.1 cm³/mol. The van der Waals surface area contributed by atoms with Crippen LogP contribution in [0.4, 0.5) is 0 Å². The summed E-state index contributed by atoms with van der Waals surface area (Å²) in [5, 5.41) is 0. The Labute approximate surface area is 108 Å². The van der Waals surface area contributed by atoms with Crippen LogP contribution in [0.5, 0.6) is 0 Å². The van der Waals surface area contributed by atoms with Gasteiger partial charge in [0.25, 0.3) is 0 Å². The molecule has 5 nitrogen and oxygen atoms in total. The number of hydrogen-bond donors (Lipinski definition) is 1. The fourth-order valence-electron chi connectivity index (χ4n) is 3.66. The van der Waals surface area contributed by atoms with Crippen LogP contribution in [0.15, 0.2) is 0 Å². The summed E-state index contributed by atoms with van der Waals surface area (Å²) in [5.74, 6) is 0.348. The summed E-state index contributed by atoms with van der Waals surface area (Å²) in [6.07, 6.45) is 4.44. The van der Waals surface area contributed by atoms with Gasteiger partial charge in [0.2, 0.25) is 5.91 Å². The average Bonchev–Trinajstić information content (AvgIpc) is 2.77. The van der Waals surface area contributed by atoms with Gasteiger partial charge >= 0.3 is 0 Å². The number of nitrogens with two attached hydrogens (primary N) is 1. The van der Waals surface area contributed by atoms with E-state index in [2.05, 4.69) is 9.80 Å². The Morgan fingerprint density at radius 3 is 3.00 bits per heavy atom. The van der Waals surface area contributed by atoms with E-state index in [-0.39, 0.29) is 6.10 Å². The molecule has 3 saturated heterocycles. The molecule has 0 aromatic rings. The molecule has 1 amide bonds. The first-order valence-corrected chi connectivity index (χ1v) is 7.15. The van der Waals surface area contributed by atoms with Crippen LogP contribution in [0.25, 0.3) is 0 Å². The van der Waals surface area contributed by atoms with E-state index in [9.17, 15) is 4.79 Å². The van der Waals surface area contributed by atoms with Gasteiger partial charge in [-0.15, -0.1) is 0 Å². The average molecular weight is 253 g/mol. The van der Waals surface area contributed by atoms with Crippen LogP contribution in [0.3, 0.4) is 0 Å². The number of hydrogen-bond acceptors (Lipinski definition) is 4. The third-order valence-corrected chi connectivity index (χ3v) is 4.60. The molecule has 3 atom stereocenters. The minimum absolute atomic E-state index is 0.145. The van der Waals surface area contributed by atoms with Crippen LogP contribution in [0, 0.1) is 0 Å². The van der Waals surface area contributed by atoms with Gasteiger partial charge in [-0.3, -0.25) is 9.69 Å². The van der Waals surface area contributed by atoms with Crippen molar-refractivity contribution in [3.05, 3.63) is 0 Å². The van der Waals surface area contributed by atoms with Crippen LogP contribution >= 0.6 is 0 Å². The Kier molecular flexibility index (Phi) is 3.54. The maximum atomic E-state index is 12.1. The van der Waals surface area contributed by atoms with E-state index < -0.39 is 0 Å². The molecule has 3 aliphatic heterocycles. The van der Waals surface area contributed by atoms with E-state index >= 15 is 0 Å². The lowest BCUT2D eigenvalue weighted by Crippen LogP contribution is -2.54.